The van der Waals surface area contributed by atoms with Crippen molar-refractivity contribution in [2.24, 2.45) is 0 Å². The van der Waals surface area contributed by atoms with E-state index in [0.717, 1.165) is 19.9 Å². The number of aromatic nitrogens is 2. The van der Waals surface area contributed by atoms with Crippen molar-refractivity contribution >= 4 is 22.5 Å². The van der Waals surface area contributed by atoms with Crippen LogP contribution in [-0.4, -0.2) is 70.7 Å². The normalized spacial score (nSPS) is 18.5. The number of halogens is 3. The van der Waals surface area contributed by atoms with Crippen molar-refractivity contribution in [2.75, 3.05) is 38.2 Å². The van der Waals surface area contributed by atoms with Gasteiger partial charge in [0.1, 0.15) is 18.0 Å². The van der Waals surface area contributed by atoms with E-state index in [-0.39, 0.29) is 23.9 Å². The Bertz CT molecular complexity index is 1440. The Hall–Kier alpha value is -3.64. The maximum absolute atomic E-state index is 15.3. The van der Waals surface area contributed by atoms with E-state index in [4.69, 9.17) is 14.2 Å². The summed E-state index contributed by atoms with van der Waals surface area (Å²) in [4.78, 5) is 14.6. The summed E-state index contributed by atoms with van der Waals surface area (Å²) >= 11 is 0. The highest BCUT2D eigenvalue weighted by atomic mass is 19.3. The van der Waals surface area contributed by atoms with Crippen LogP contribution in [0.1, 0.15) is 43.6 Å². The number of carbonyl (C=O) groups is 1. The predicted octanol–water partition coefficient (Wildman–Crippen LogP) is 4.11. The topological polar surface area (TPSA) is 106 Å². The molecule has 40 heavy (non-hydrogen) atoms. The van der Waals surface area contributed by atoms with Crippen LogP contribution < -0.4 is 14.8 Å². The molecule has 1 fully saturated rings. The van der Waals surface area contributed by atoms with Crippen LogP contribution in [0.15, 0.2) is 30.3 Å². The van der Waals surface area contributed by atoms with Gasteiger partial charge in [-0.2, -0.15) is 13.9 Å². The summed E-state index contributed by atoms with van der Waals surface area (Å²) < 4.78 is 62.2. The fraction of sp³-hybridized carbons (Fsp3) is 0.464. The Labute approximate surface area is 229 Å². The second kappa shape index (κ2) is 10.4. The van der Waals surface area contributed by atoms with Crippen molar-refractivity contribution in [2.45, 2.75) is 51.4 Å². The van der Waals surface area contributed by atoms with Crippen LogP contribution in [0.5, 0.6) is 11.5 Å². The van der Waals surface area contributed by atoms with E-state index in [2.05, 4.69) is 15.5 Å². The lowest BCUT2D eigenvalue weighted by atomic mass is 9.91. The Kier molecular flexibility index (Phi) is 7.26. The molecule has 2 N–H and O–H groups in total. The number of amides is 1. The van der Waals surface area contributed by atoms with Crippen molar-refractivity contribution in [3.05, 3.63) is 53.0 Å². The predicted molar refractivity (Wildman–Crippen MR) is 140 cm³/mol. The zero-order valence-corrected chi connectivity index (χ0v) is 22.6. The van der Waals surface area contributed by atoms with Crippen molar-refractivity contribution in [3.8, 4) is 11.5 Å². The average molecular weight is 561 g/mol. The smallest absolute Gasteiger partial charge is 0.303 e. The summed E-state index contributed by atoms with van der Waals surface area (Å²) in [5.41, 5.74) is -2.81. The first-order valence-corrected chi connectivity index (χ1v) is 13.0. The summed E-state index contributed by atoms with van der Waals surface area (Å²) in [7, 11) is 0. The van der Waals surface area contributed by atoms with Crippen molar-refractivity contribution in [1.82, 2.24) is 15.1 Å². The largest absolute Gasteiger partial charge is 0.485 e. The Morgan fingerprint density at radius 1 is 1.15 bits per heavy atom. The van der Waals surface area contributed by atoms with E-state index in [9.17, 15) is 18.7 Å². The van der Waals surface area contributed by atoms with Crippen LogP contribution in [0.2, 0.25) is 0 Å². The molecule has 214 valence electrons. The highest BCUT2D eigenvalue weighted by Crippen LogP contribution is 2.42. The summed E-state index contributed by atoms with van der Waals surface area (Å²) in [6.07, 6.45) is -0.798. The van der Waals surface area contributed by atoms with Gasteiger partial charge in [0.15, 0.2) is 17.3 Å². The summed E-state index contributed by atoms with van der Waals surface area (Å²) in [5, 5.41) is 22.7. The number of morpholine rings is 1. The third-order valence-corrected chi connectivity index (χ3v) is 7.24. The standard InChI is InChI=1S/C28H31F3N4O5/c1-15(17-6-5-7-20(24(17)29)28(30,31)27(3,4)37)32-25-19-13-21-22(12-18(19)16(2)33-34-25)40-23(14-39-21)26(36)35-8-10-38-11-9-35/h5-7,12-13,15,23,37H,8-11,14H2,1-4H3,(H,32,34). The third kappa shape index (κ3) is 5.01. The van der Waals surface area contributed by atoms with Gasteiger partial charge in [0, 0.05) is 29.4 Å². The van der Waals surface area contributed by atoms with Crippen LogP contribution in [0.4, 0.5) is 19.0 Å². The summed E-state index contributed by atoms with van der Waals surface area (Å²) in [5.74, 6) is -4.04. The zero-order chi connectivity index (χ0) is 28.8. The molecule has 0 bridgehead atoms. The fourth-order valence-corrected chi connectivity index (χ4v) is 4.80. The van der Waals surface area contributed by atoms with Gasteiger partial charge in [0.05, 0.1) is 30.5 Å². The lowest BCUT2D eigenvalue weighted by Crippen LogP contribution is -2.50. The molecule has 1 amide bonds. The lowest BCUT2D eigenvalue weighted by molar-refractivity contribution is -0.170. The summed E-state index contributed by atoms with van der Waals surface area (Å²) in [6, 6.07) is 6.30. The number of fused-ring (bicyclic) bond motifs is 2. The lowest BCUT2D eigenvalue weighted by Gasteiger charge is -2.33. The van der Waals surface area contributed by atoms with Gasteiger partial charge in [-0.15, -0.1) is 5.10 Å². The van der Waals surface area contributed by atoms with Gasteiger partial charge in [-0.05, 0) is 45.9 Å². The molecule has 1 saturated heterocycles. The molecule has 12 heteroatoms. The zero-order valence-electron chi connectivity index (χ0n) is 22.6. The molecule has 0 spiro atoms. The van der Waals surface area contributed by atoms with E-state index in [0.29, 0.717) is 54.3 Å². The van der Waals surface area contributed by atoms with Gasteiger partial charge in [-0.25, -0.2) is 4.39 Å². The van der Waals surface area contributed by atoms with E-state index < -0.39 is 35.1 Å². The Balaban J connectivity index is 1.43. The van der Waals surface area contributed by atoms with Crippen molar-refractivity contribution in [1.29, 1.82) is 0 Å². The van der Waals surface area contributed by atoms with Gasteiger partial charge in [-0.1, -0.05) is 12.1 Å². The van der Waals surface area contributed by atoms with Gasteiger partial charge in [0.2, 0.25) is 6.10 Å². The molecule has 9 nitrogen and oxygen atoms in total. The molecule has 2 unspecified atom stereocenters. The molecule has 0 saturated carbocycles. The number of carbonyl (C=O) groups excluding carboxylic acids is 1. The van der Waals surface area contributed by atoms with Crippen LogP contribution in [0, 0.1) is 12.7 Å². The van der Waals surface area contributed by atoms with E-state index in [1.807, 2.05) is 0 Å². The number of nitrogens with one attached hydrogen (secondary N) is 1. The van der Waals surface area contributed by atoms with E-state index >= 15 is 4.39 Å². The average Bonchev–Trinajstić information content (AvgIpc) is 2.93. The Morgan fingerprint density at radius 3 is 2.55 bits per heavy atom. The van der Waals surface area contributed by atoms with Gasteiger partial charge in [0.25, 0.3) is 5.91 Å². The van der Waals surface area contributed by atoms with Gasteiger partial charge < -0.3 is 29.5 Å². The van der Waals surface area contributed by atoms with Crippen LogP contribution in [0.25, 0.3) is 10.8 Å². The molecule has 1 aromatic heterocycles. The Morgan fingerprint density at radius 2 is 1.85 bits per heavy atom. The molecule has 3 aromatic rings. The number of nitrogens with zero attached hydrogens (tertiary/aromatic N) is 3. The first-order valence-electron chi connectivity index (χ1n) is 13.0. The van der Waals surface area contributed by atoms with E-state index in [1.54, 1.807) is 30.9 Å². The number of benzene rings is 2. The SMILES string of the molecule is Cc1nnc(NC(C)c2cccc(C(F)(F)C(C)(C)O)c2F)c2cc3c(cc12)OC(C(=O)N1CCOCC1)CO3. The maximum Gasteiger partial charge on any atom is 0.303 e. The quantitative estimate of drug-likeness (QED) is 0.464. The molecule has 5 rings (SSSR count). The first kappa shape index (κ1) is 27.9. The van der Waals surface area contributed by atoms with E-state index in [1.165, 1.54) is 12.1 Å². The second-order valence-electron chi connectivity index (χ2n) is 10.5. The minimum absolute atomic E-state index is 0.0266. The molecular weight excluding hydrogens is 529 g/mol. The number of hydrogen-bond acceptors (Lipinski definition) is 8. The second-order valence-corrected chi connectivity index (χ2v) is 10.5. The molecule has 0 aliphatic carbocycles. The number of aryl methyl sites for hydroxylation is 1. The van der Waals surface area contributed by atoms with Crippen LogP contribution >= 0.6 is 0 Å². The number of alkyl halides is 2. The fourth-order valence-electron chi connectivity index (χ4n) is 4.80. The number of ether oxygens (including phenoxy) is 3. The van der Waals surface area contributed by atoms with Crippen LogP contribution in [-0.2, 0) is 15.5 Å². The van der Waals surface area contributed by atoms with Gasteiger partial charge >= 0.3 is 5.92 Å². The number of anilines is 1. The van der Waals surface area contributed by atoms with Crippen LogP contribution in [0.3, 0.4) is 0 Å². The molecule has 2 aliphatic rings. The van der Waals surface area contributed by atoms with Crippen molar-refractivity contribution in [3.63, 3.8) is 0 Å². The first-order chi connectivity index (χ1) is 18.9. The number of aliphatic hydroxyl groups is 1. The monoisotopic (exact) mass is 560 g/mol. The molecular formula is C28H31F3N4O5. The molecule has 3 heterocycles. The number of rotatable bonds is 6. The highest BCUT2D eigenvalue weighted by Gasteiger charge is 2.49. The molecule has 2 atom stereocenters. The number of hydrogen-bond donors (Lipinski definition) is 2. The minimum Gasteiger partial charge on any atom is -0.485 e. The molecule has 2 aromatic carbocycles. The summed E-state index contributed by atoms with van der Waals surface area (Å²) in [6.45, 7) is 7.19. The van der Waals surface area contributed by atoms with Crippen molar-refractivity contribution < 1.29 is 37.3 Å². The molecule has 2 aliphatic heterocycles. The highest BCUT2D eigenvalue weighted by molar-refractivity contribution is 5.96. The van der Waals surface area contributed by atoms with Gasteiger partial charge in [-0.3, -0.25) is 4.79 Å². The molecule has 0 radical (unpaired) electrons. The maximum atomic E-state index is 15.3. The minimum atomic E-state index is -3.82. The third-order valence-electron chi connectivity index (χ3n) is 7.24.